The van der Waals surface area contributed by atoms with E-state index in [0.29, 0.717) is 55.5 Å². The summed E-state index contributed by atoms with van der Waals surface area (Å²) >= 11 is 3.88. The molecule has 1 heterocycles. The summed E-state index contributed by atoms with van der Waals surface area (Å²) in [5.74, 6) is 0.125. The van der Waals surface area contributed by atoms with Gasteiger partial charge in [0.15, 0.2) is 0 Å². The van der Waals surface area contributed by atoms with Crippen LogP contribution < -0.4 is 5.43 Å². The van der Waals surface area contributed by atoms with E-state index >= 15 is 0 Å². The van der Waals surface area contributed by atoms with Gasteiger partial charge in [-0.05, 0) is 0 Å². The van der Waals surface area contributed by atoms with Crippen molar-refractivity contribution in [2.24, 2.45) is 0 Å². The van der Waals surface area contributed by atoms with Gasteiger partial charge in [0, 0.05) is 0 Å². The second-order valence-corrected chi connectivity index (χ2v) is 4.74. The van der Waals surface area contributed by atoms with E-state index in [-0.39, 0.29) is 5.91 Å². The predicted molar refractivity (Wildman–Crippen MR) is 33.1 cm³/mol. The SMILES string of the molecule is O=C1C[CH]([K])N(Br)N1. The van der Waals surface area contributed by atoms with Crippen LogP contribution in [-0.2, 0) is 4.79 Å². The van der Waals surface area contributed by atoms with Crippen molar-refractivity contribution in [1.82, 2.24) is 9.46 Å². The van der Waals surface area contributed by atoms with Crippen molar-refractivity contribution in [2.45, 2.75) is 6.56 Å². The summed E-state index contributed by atoms with van der Waals surface area (Å²) in [7, 11) is 0. The van der Waals surface area contributed by atoms with Gasteiger partial charge in [-0.15, -0.1) is 0 Å². The van der Waals surface area contributed by atoms with Gasteiger partial charge in [-0.25, -0.2) is 0 Å². The third-order valence-corrected chi connectivity index (χ3v) is 4.60. The topological polar surface area (TPSA) is 32.3 Å². The van der Waals surface area contributed by atoms with Crippen LogP contribution in [0.4, 0.5) is 0 Å². The first-order valence-electron chi connectivity index (χ1n) is 2.44. The van der Waals surface area contributed by atoms with Crippen LogP contribution in [0.5, 0.6) is 0 Å². The minimum atomic E-state index is 0.125. The summed E-state index contributed by atoms with van der Waals surface area (Å²) in [6.45, 7) is 0. The molecule has 0 aromatic heterocycles. The Kier molecular flexibility index (Phi) is 2.96. The summed E-state index contributed by atoms with van der Waals surface area (Å²) in [6.07, 6.45) is 0.672. The second-order valence-electron chi connectivity index (χ2n) is 1.90. The normalized spacial score (nSPS) is 30.9. The fourth-order valence-electron chi connectivity index (χ4n) is 0.623. The van der Waals surface area contributed by atoms with Crippen molar-refractivity contribution in [2.75, 3.05) is 0 Å². The standard InChI is InChI=1S/C3H4BrN2O.K/c4-6-2-1-3(7)5-6;/h2H,1H2,(H,5,7);. The van der Waals surface area contributed by atoms with Crippen LogP contribution in [0, 0.1) is 0 Å². The quantitative estimate of drug-likeness (QED) is 0.426. The zero-order chi connectivity index (χ0) is 6.15. The van der Waals surface area contributed by atoms with Gasteiger partial charge in [0.2, 0.25) is 0 Å². The number of carbonyl (C=O) groups is 1. The number of hydrazine groups is 1. The van der Waals surface area contributed by atoms with Gasteiger partial charge in [-0.2, -0.15) is 0 Å². The average Bonchev–Trinajstić information content (AvgIpc) is 1.85. The van der Waals surface area contributed by atoms with E-state index in [1.165, 1.54) is 0 Å². The van der Waals surface area contributed by atoms with Crippen molar-refractivity contribution >= 4 is 71.0 Å². The molecule has 0 aromatic carbocycles. The van der Waals surface area contributed by atoms with Gasteiger partial charge < -0.3 is 0 Å². The van der Waals surface area contributed by atoms with Gasteiger partial charge in [0.25, 0.3) is 0 Å². The van der Waals surface area contributed by atoms with Gasteiger partial charge in [0.1, 0.15) is 0 Å². The number of rotatable bonds is 0. The molecule has 1 amide bonds. The van der Waals surface area contributed by atoms with E-state index in [2.05, 4.69) is 21.6 Å². The van der Waals surface area contributed by atoms with E-state index in [4.69, 9.17) is 0 Å². The fraction of sp³-hybridized carbons (Fsp3) is 0.667. The monoisotopic (exact) mass is 202 g/mol. The molecule has 8 heavy (non-hydrogen) atoms. The van der Waals surface area contributed by atoms with Gasteiger partial charge in [-0.3, -0.25) is 0 Å². The number of nitrogens with one attached hydrogen (secondary N) is 1. The molecule has 1 fully saturated rings. The molecule has 0 spiro atoms. The molecule has 1 unspecified atom stereocenters. The van der Waals surface area contributed by atoms with E-state index in [1.54, 1.807) is 4.03 Å². The van der Waals surface area contributed by atoms with Crippen molar-refractivity contribution < 1.29 is 4.79 Å². The Morgan fingerprint density at radius 3 is 2.75 bits per heavy atom. The van der Waals surface area contributed by atoms with Crippen LogP contribution in [0.15, 0.2) is 0 Å². The molecule has 0 radical (unpaired) electrons. The first kappa shape index (κ1) is 7.65. The summed E-state index contributed by atoms with van der Waals surface area (Å²) in [5, 5.41) is 0. The van der Waals surface area contributed by atoms with Gasteiger partial charge in [0.05, 0.1) is 0 Å². The number of halogens is 1. The third-order valence-electron chi connectivity index (χ3n) is 1.10. The Labute approximate surface area is 90.1 Å². The Hall–Kier alpha value is 1.55. The van der Waals surface area contributed by atoms with Crippen LogP contribution in [0.2, 0.25) is 0 Å². The predicted octanol–water partition coefficient (Wildman–Crippen LogP) is -0.472. The molecule has 0 aromatic rings. The van der Waals surface area contributed by atoms with Crippen molar-refractivity contribution in [1.29, 1.82) is 0 Å². The summed E-state index contributed by atoms with van der Waals surface area (Å²) in [5.41, 5.74) is 2.62. The number of amides is 1. The fourth-order valence-corrected chi connectivity index (χ4v) is 1.75. The summed E-state index contributed by atoms with van der Waals surface area (Å²) in [4.78, 5) is 10.5. The Morgan fingerprint density at radius 2 is 2.62 bits per heavy atom. The molecule has 5 heteroatoms. The van der Waals surface area contributed by atoms with Crippen LogP contribution in [-0.4, -0.2) is 59.0 Å². The van der Waals surface area contributed by atoms with E-state index < -0.39 is 0 Å². The van der Waals surface area contributed by atoms with Crippen LogP contribution in [0.25, 0.3) is 0 Å². The number of hydrogen-bond donors (Lipinski definition) is 1. The maximum atomic E-state index is 10.5. The Morgan fingerprint density at radius 1 is 2.00 bits per heavy atom. The summed E-state index contributed by atoms with van der Waals surface area (Å²) < 4.78 is 2.19. The van der Waals surface area contributed by atoms with Gasteiger partial charge in [-0.1, -0.05) is 0 Å². The molecule has 1 saturated heterocycles. The molecular weight excluding hydrogens is 199 g/mol. The zero-order valence-electron chi connectivity index (χ0n) is 4.52. The molecule has 1 N–H and O–H groups in total. The first-order valence-corrected chi connectivity index (χ1v) is 4.96. The molecule has 0 aliphatic carbocycles. The molecular formula is C3H4BrKN2O. The van der Waals surface area contributed by atoms with Crippen molar-refractivity contribution in [3.05, 3.63) is 0 Å². The Bertz CT molecular complexity index is 108. The second kappa shape index (κ2) is 3.09. The summed E-state index contributed by atoms with van der Waals surface area (Å²) in [6, 6.07) is 0. The van der Waals surface area contributed by atoms with Crippen LogP contribution in [0.1, 0.15) is 6.42 Å². The third kappa shape index (κ3) is 1.76. The van der Waals surface area contributed by atoms with Crippen LogP contribution in [0.3, 0.4) is 0 Å². The maximum absolute atomic E-state index is 10.5. The zero-order valence-corrected chi connectivity index (χ0v) is 9.23. The molecule has 3 nitrogen and oxygen atoms in total. The molecule has 1 aliphatic rings. The molecule has 1 rings (SSSR count). The van der Waals surface area contributed by atoms with Crippen molar-refractivity contribution in [3.63, 3.8) is 0 Å². The molecule has 0 bridgehead atoms. The molecule has 1 aliphatic heterocycles. The van der Waals surface area contributed by atoms with Crippen molar-refractivity contribution in [3.8, 4) is 0 Å². The Balaban J connectivity index is 2.51. The van der Waals surface area contributed by atoms with E-state index in [0.717, 1.165) is 0 Å². The first-order chi connectivity index (χ1) is 3.70. The molecule has 1 atom stereocenters. The molecule has 40 valence electrons. The van der Waals surface area contributed by atoms with Gasteiger partial charge >= 0.3 is 91.8 Å². The van der Waals surface area contributed by atoms with Crippen LogP contribution >= 0.6 is 16.1 Å². The minimum absolute atomic E-state index is 0.125. The van der Waals surface area contributed by atoms with E-state index in [9.17, 15) is 4.79 Å². The average molecular weight is 203 g/mol. The number of nitrogens with zero attached hydrogens (tertiary/aromatic N) is 1. The van der Waals surface area contributed by atoms with E-state index in [1.807, 2.05) is 0 Å². The molecule has 0 saturated carbocycles. The number of hydrogen-bond acceptors (Lipinski definition) is 2. The number of carbonyl (C=O) groups excluding carboxylic acids is 1.